The third-order valence-corrected chi connectivity index (χ3v) is 5.21. The molecule has 0 radical (unpaired) electrons. The monoisotopic (exact) mass is 426 g/mol. The van der Waals surface area contributed by atoms with Gasteiger partial charge in [-0.15, -0.1) is 0 Å². The number of halogens is 1. The minimum Gasteiger partial charge on any atom is -0.507 e. The second-order valence-electron chi connectivity index (χ2n) is 7.45. The number of nitrogens with one attached hydrogen (secondary N) is 1. The van der Waals surface area contributed by atoms with Crippen LogP contribution in [-0.2, 0) is 11.2 Å². The van der Waals surface area contributed by atoms with E-state index in [-0.39, 0.29) is 23.3 Å². The lowest BCUT2D eigenvalue weighted by Crippen LogP contribution is -2.23. The van der Waals surface area contributed by atoms with Gasteiger partial charge in [-0.05, 0) is 61.2 Å². The van der Waals surface area contributed by atoms with Crippen molar-refractivity contribution in [3.8, 4) is 5.75 Å². The maximum absolute atomic E-state index is 12.4. The largest absolute Gasteiger partial charge is 0.507 e. The van der Waals surface area contributed by atoms with Gasteiger partial charge in [0.2, 0.25) is 0 Å². The highest BCUT2D eigenvalue weighted by Gasteiger charge is 2.15. The van der Waals surface area contributed by atoms with Crippen molar-refractivity contribution < 1.29 is 14.6 Å². The Balaban J connectivity index is 1.46. The maximum Gasteiger partial charge on any atom is 0.259 e. The predicted octanol–water partition coefficient (Wildman–Crippen LogP) is 4.70. The molecule has 0 bridgehead atoms. The lowest BCUT2D eigenvalue weighted by Gasteiger charge is -2.15. The minimum absolute atomic E-state index is 0.00345. The van der Waals surface area contributed by atoms with Crippen LogP contribution in [0.15, 0.2) is 66.4 Å². The predicted molar refractivity (Wildman–Crippen MR) is 121 cm³/mol. The summed E-state index contributed by atoms with van der Waals surface area (Å²) in [7, 11) is 4.05. The molecule has 3 rings (SSSR count). The van der Waals surface area contributed by atoms with Crippen molar-refractivity contribution in [2.24, 2.45) is 0 Å². The van der Waals surface area contributed by atoms with Gasteiger partial charge >= 0.3 is 0 Å². The second kappa shape index (κ2) is 10.3. The Morgan fingerprint density at radius 1 is 1.23 bits per heavy atom. The van der Waals surface area contributed by atoms with Gasteiger partial charge in [-0.2, -0.15) is 0 Å². The molecule has 2 aromatic rings. The first kappa shape index (κ1) is 21.9. The molecule has 0 saturated carbocycles. The number of benzene rings is 2. The first-order valence-corrected chi connectivity index (χ1v) is 10.4. The van der Waals surface area contributed by atoms with E-state index in [0.29, 0.717) is 18.1 Å². The molecule has 0 aliphatic heterocycles. The van der Waals surface area contributed by atoms with Crippen molar-refractivity contribution in [1.82, 2.24) is 5.32 Å². The Morgan fingerprint density at radius 3 is 2.73 bits per heavy atom. The summed E-state index contributed by atoms with van der Waals surface area (Å²) < 4.78 is 6.02. The second-order valence-corrected chi connectivity index (χ2v) is 7.89. The van der Waals surface area contributed by atoms with E-state index in [0.717, 1.165) is 18.5 Å². The Morgan fingerprint density at radius 2 is 2.00 bits per heavy atom. The van der Waals surface area contributed by atoms with Crippen LogP contribution in [0.3, 0.4) is 0 Å². The van der Waals surface area contributed by atoms with Crippen molar-refractivity contribution in [3.05, 3.63) is 82.5 Å². The van der Waals surface area contributed by atoms with Crippen molar-refractivity contribution in [1.29, 1.82) is 0 Å². The molecule has 1 atom stereocenters. The number of nitrogens with zero attached hydrogens (tertiary/aromatic N) is 1. The standard InChI is InChI=1S/C24H27ClN2O3/c1-27(2)20-10-6-17(7-11-20)14-15-30-21-5-3-4-19(9-12-21)26-24(29)22-16-18(25)8-13-23(22)28/h3-8,10-11,13,16,21,28H,9,12,14-15H2,1-2H3,(H,26,29). The third kappa shape index (κ3) is 6.12. The zero-order valence-corrected chi connectivity index (χ0v) is 18.0. The Labute approximate surface area is 182 Å². The average molecular weight is 427 g/mol. The molecule has 5 nitrogen and oxygen atoms in total. The molecule has 0 aromatic heterocycles. The summed E-state index contributed by atoms with van der Waals surface area (Å²) in [6, 6.07) is 12.9. The SMILES string of the molecule is CN(C)c1ccc(CCOC2C=CC=C(NC(=O)c3cc(Cl)ccc3O)CC2)cc1. The number of rotatable bonds is 7. The fraction of sp³-hybridized carbons (Fsp3) is 0.292. The minimum atomic E-state index is -0.379. The van der Waals surface area contributed by atoms with E-state index in [9.17, 15) is 9.90 Å². The summed E-state index contributed by atoms with van der Waals surface area (Å²) in [5, 5.41) is 13.1. The van der Waals surface area contributed by atoms with Crippen LogP contribution in [0.5, 0.6) is 5.75 Å². The van der Waals surface area contributed by atoms with E-state index in [4.69, 9.17) is 16.3 Å². The van der Waals surface area contributed by atoms with Gasteiger partial charge in [0.1, 0.15) is 5.75 Å². The van der Waals surface area contributed by atoms with Crippen LogP contribution in [0.2, 0.25) is 5.02 Å². The summed E-state index contributed by atoms with van der Waals surface area (Å²) in [5.74, 6) is -0.475. The van der Waals surface area contributed by atoms with Gasteiger partial charge in [-0.3, -0.25) is 4.79 Å². The van der Waals surface area contributed by atoms with Crippen LogP contribution in [0.25, 0.3) is 0 Å². The van der Waals surface area contributed by atoms with Gasteiger partial charge in [-0.1, -0.05) is 35.9 Å². The van der Waals surface area contributed by atoms with Gasteiger partial charge in [0, 0.05) is 30.5 Å². The fourth-order valence-electron chi connectivity index (χ4n) is 3.21. The summed E-state index contributed by atoms with van der Waals surface area (Å²) >= 11 is 5.93. The molecule has 0 fully saturated rings. The first-order chi connectivity index (χ1) is 14.4. The number of ether oxygens (including phenoxy) is 1. The van der Waals surface area contributed by atoms with Crippen LogP contribution in [0, 0.1) is 0 Å². The van der Waals surface area contributed by atoms with Gasteiger partial charge in [-0.25, -0.2) is 0 Å². The number of carbonyl (C=O) groups excluding carboxylic acids is 1. The van der Waals surface area contributed by atoms with E-state index < -0.39 is 0 Å². The third-order valence-electron chi connectivity index (χ3n) is 4.97. The van der Waals surface area contributed by atoms with Crippen LogP contribution in [0.4, 0.5) is 5.69 Å². The van der Waals surface area contributed by atoms with E-state index >= 15 is 0 Å². The lowest BCUT2D eigenvalue weighted by molar-refractivity contribution is 0.0817. The molecule has 2 N–H and O–H groups in total. The van der Waals surface area contributed by atoms with Gasteiger partial charge in [0.25, 0.3) is 5.91 Å². The molecular weight excluding hydrogens is 400 g/mol. The summed E-state index contributed by atoms with van der Waals surface area (Å²) in [6.07, 6.45) is 8.05. The van der Waals surface area contributed by atoms with E-state index in [1.807, 2.05) is 32.3 Å². The zero-order chi connectivity index (χ0) is 21.5. The highest BCUT2D eigenvalue weighted by Crippen LogP contribution is 2.22. The number of phenols is 1. The fourth-order valence-corrected chi connectivity index (χ4v) is 3.38. The summed E-state index contributed by atoms with van der Waals surface area (Å²) in [6.45, 7) is 0.633. The summed E-state index contributed by atoms with van der Waals surface area (Å²) in [4.78, 5) is 14.5. The van der Waals surface area contributed by atoms with Crippen molar-refractivity contribution >= 4 is 23.2 Å². The number of carbonyl (C=O) groups is 1. The van der Waals surface area contributed by atoms with E-state index in [1.165, 1.54) is 23.4 Å². The number of amides is 1. The molecule has 1 amide bonds. The molecule has 0 saturated heterocycles. The number of anilines is 1. The molecule has 0 heterocycles. The smallest absolute Gasteiger partial charge is 0.259 e. The Hall–Kier alpha value is -2.76. The van der Waals surface area contributed by atoms with Gasteiger partial charge < -0.3 is 20.1 Å². The Kier molecular flexibility index (Phi) is 7.55. The molecule has 0 spiro atoms. The molecule has 158 valence electrons. The first-order valence-electron chi connectivity index (χ1n) is 9.97. The molecule has 30 heavy (non-hydrogen) atoms. The summed E-state index contributed by atoms with van der Waals surface area (Å²) in [5.41, 5.74) is 3.36. The highest BCUT2D eigenvalue weighted by molar-refractivity contribution is 6.31. The number of hydrogen-bond donors (Lipinski definition) is 2. The maximum atomic E-state index is 12.4. The van der Waals surface area contributed by atoms with Gasteiger partial charge in [0.05, 0.1) is 18.3 Å². The zero-order valence-electron chi connectivity index (χ0n) is 17.3. The molecule has 1 aliphatic rings. The Bertz CT molecular complexity index is 936. The number of aromatic hydroxyl groups is 1. The number of allylic oxidation sites excluding steroid dienone is 3. The van der Waals surface area contributed by atoms with Crippen molar-refractivity contribution in [3.63, 3.8) is 0 Å². The molecule has 6 heteroatoms. The van der Waals surface area contributed by atoms with Crippen molar-refractivity contribution in [2.75, 3.05) is 25.6 Å². The number of hydrogen-bond acceptors (Lipinski definition) is 4. The highest BCUT2D eigenvalue weighted by atomic mass is 35.5. The lowest BCUT2D eigenvalue weighted by atomic mass is 10.1. The molecule has 1 aliphatic carbocycles. The topological polar surface area (TPSA) is 61.8 Å². The van der Waals surface area contributed by atoms with E-state index in [2.05, 4.69) is 34.5 Å². The van der Waals surface area contributed by atoms with Crippen LogP contribution in [0.1, 0.15) is 28.8 Å². The van der Waals surface area contributed by atoms with Crippen LogP contribution < -0.4 is 10.2 Å². The molecular formula is C24H27ClN2O3. The quantitative estimate of drug-likeness (QED) is 0.673. The normalized spacial score (nSPS) is 16.0. The van der Waals surface area contributed by atoms with E-state index in [1.54, 1.807) is 6.07 Å². The van der Waals surface area contributed by atoms with Crippen molar-refractivity contribution in [2.45, 2.75) is 25.4 Å². The van der Waals surface area contributed by atoms with Crippen LogP contribution >= 0.6 is 11.6 Å². The molecule has 2 aromatic carbocycles. The molecule has 1 unspecified atom stereocenters. The average Bonchev–Trinajstić information content (AvgIpc) is 2.95. The van der Waals surface area contributed by atoms with Gasteiger partial charge in [0.15, 0.2) is 0 Å². The number of phenolic OH excluding ortho intramolecular Hbond substituents is 1. The van der Waals surface area contributed by atoms with Crippen LogP contribution in [-0.4, -0.2) is 37.8 Å².